The summed E-state index contributed by atoms with van der Waals surface area (Å²) in [6, 6.07) is 46.9. The zero-order chi connectivity index (χ0) is 30.9. The molecule has 0 unspecified atom stereocenters. The van der Waals surface area contributed by atoms with Crippen molar-refractivity contribution < 1.29 is 20.1 Å². The first-order valence-corrected chi connectivity index (χ1v) is 15.2. The Hall–Kier alpha value is -4.17. The first-order chi connectivity index (χ1) is 21.2. The van der Waals surface area contributed by atoms with Gasteiger partial charge in [-0.25, -0.2) is 0 Å². The Bertz CT molecular complexity index is 1730. The van der Waals surface area contributed by atoms with Crippen molar-refractivity contribution in [3.05, 3.63) is 168 Å². The molecule has 0 bridgehead atoms. The molecule has 0 amide bonds. The van der Waals surface area contributed by atoms with Gasteiger partial charge in [-0.05, 0) is 53.8 Å². The Kier molecular flexibility index (Phi) is 11.8. The van der Waals surface area contributed by atoms with Crippen molar-refractivity contribution >= 4 is 0 Å². The van der Waals surface area contributed by atoms with Crippen molar-refractivity contribution in [3.8, 4) is 33.6 Å². The summed E-state index contributed by atoms with van der Waals surface area (Å²) in [6.07, 6.45) is 5.71. The molecule has 229 valence electrons. The number of aromatic nitrogens is 2. The third-order valence-electron chi connectivity index (χ3n) is 7.35. The monoisotopic (exact) mass is 765 g/mol. The molecular weight excluding hydrogens is 725 g/mol. The number of benzene rings is 4. The van der Waals surface area contributed by atoms with Gasteiger partial charge in [0.15, 0.2) is 0 Å². The molecule has 4 aromatic carbocycles. The van der Waals surface area contributed by atoms with E-state index in [0.717, 1.165) is 35.4 Å². The van der Waals surface area contributed by atoms with E-state index in [0.29, 0.717) is 0 Å². The third kappa shape index (κ3) is 9.91. The number of hydrogen-bond acceptors (Lipinski definition) is 2. The van der Waals surface area contributed by atoms with Crippen molar-refractivity contribution in [2.24, 2.45) is 5.41 Å². The molecule has 2 aromatic heterocycles. The van der Waals surface area contributed by atoms with Gasteiger partial charge in [-0.15, -0.1) is 64.7 Å². The first-order valence-electron chi connectivity index (χ1n) is 15.2. The molecule has 0 saturated carbocycles. The van der Waals surface area contributed by atoms with Gasteiger partial charge in [-0.2, -0.15) is 0 Å². The number of nitrogens with zero attached hydrogens (tertiary/aromatic N) is 2. The van der Waals surface area contributed by atoms with E-state index in [1.165, 1.54) is 38.9 Å². The van der Waals surface area contributed by atoms with Gasteiger partial charge >= 0.3 is 0 Å². The average Bonchev–Trinajstić information content (AvgIpc) is 3.02. The topological polar surface area (TPSA) is 25.8 Å². The Morgan fingerprint density at radius 1 is 0.622 bits per heavy atom. The Morgan fingerprint density at radius 3 is 1.96 bits per heavy atom. The van der Waals surface area contributed by atoms with Crippen molar-refractivity contribution in [3.63, 3.8) is 0 Å². The Morgan fingerprint density at radius 2 is 1.31 bits per heavy atom. The van der Waals surface area contributed by atoms with Crippen LogP contribution in [0, 0.1) is 31.4 Å². The van der Waals surface area contributed by atoms with Crippen LogP contribution in [0.4, 0.5) is 0 Å². The molecule has 0 atom stereocenters. The predicted molar refractivity (Wildman–Crippen MR) is 184 cm³/mol. The second-order valence-corrected chi connectivity index (χ2v) is 12.6. The van der Waals surface area contributed by atoms with Crippen LogP contribution in [0.3, 0.4) is 0 Å². The van der Waals surface area contributed by atoms with Crippen LogP contribution >= 0.6 is 0 Å². The SMILES string of the molecule is CC(C)(C)Cc1ccnc(-c2[c-]cc(-c3ccccc3)c(Cc3ccccc3)c2)c1.Cc1c[c-]c(-c2ccc(C)cn2)cc1.[Ir]. The number of pyridine rings is 2. The summed E-state index contributed by atoms with van der Waals surface area (Å²) in [5.41, 5.74) is 13.1. The van der Waals surface area contributed by atoms with Crippen molar-refractivity contribution in [2.45, 2.75) is 47.5 Å². The molecule has 6 rings (SSSR count). The summed E-state index contributed by atoms with van der Waals surface area (Å²) < 4.78 is 0. The minimum absolute atomic E-state index is 0. The minimum Gasteiger partial charge on any atom is -0.305 e. The molecule has 0 aliphatic carbocycles. The molecule has 6 aromatic rings. The van der Waals surface area contributed by atoms with Gasteiger partial charge in [0.25, 0.3) is 0 Å². The van der Waals surface area contributed by atoms with E-state index in [1.54, 1.807) is 0 Å². The standard InChI is InChI=1S/C29H28N.C13H12N.Ir/c1-29(2,3)21-23-16-17-30-28(19-23)25-14-15-27(24-12-8-5-9-13-24)26(20-25)18-22-10-6-4-7-11-22;1-10-3-6-12(7-4-10)13-8-5-11(2)9-14-13;/h4-13,15-17,19-20H,18,21H2,1-3H3;3-6,8-9H,1-2H3;/q2*-1;. The zero-order valence-electron chi connectivity index (χ0n) is 26.8. The van der Waals surface area contributed by atoms with E-state index < -0.39 is 0 Å². The van der Waals surface area contributed by atoms with Gasteiger partial charge in [0.2, 0.25) is 0 Å². The quantitative estimate of drug-likeness (QED) is 0.158. The predicted octanol–water partition coefficient (Wildman–Crippen LogP) is 10.6. The normalized spacial score (nSPS) is 10.8. The average molecular weight is 765 g/mol. The van der Waals surface area contributed by atoms with Crippen LogP contribution in [-0.4, -0.2) is 9.97 Å². The van der Waals surface area contributed by atoms with E-state index in [-0.39, 0.29) is 25.5 Å². The van der Waals surface area contributed by atoms with Crippen LogP contribution in [0.5, 0.6) is 0 Å². The number of aryl methyl sites for hydroxylation is 2. The second kappa shape index (κ2) is 15.7. The molecule has 2 nitrogen and oxygen atoms in total. The zero-order valence-corrected chi connectivity index (χ0v) is 29.2. The summed E-state index contributed by atoms with van der Waals surface area (Å²) in [7, 11) is 0. The molecule has 3 heteroatoms. The van der Waals surface area contributed by atoms with E-state index in [9.17, 15) is 0 Å². The molecule has 0 saturated heterocycles. The van der Waals surface area contributed by atoms with Crippen molar-refractivity contribution in [2.75, 3.05) is 0 Å². The van der Waals surface area contributed by atoms with E-state index in [2.05, 4.69) is 147 Å². The summed E-state index contributed by atoms with van der Waals surface area (Å²) in [5.74, 6) is 0. The van der Waals surface area contributed by atoms with Gasteiger partial charge in [0.05, 0.1) is 0 Å². The molecule has 0 aliphatic rings. The Labute approximate surface area is 283 Å². The molecular formula is C42H40IrN2-2. The van der Waals surface area contributed by atoms with Gasteiger partial charge in [0.1, 0.15) is 0 Å². The molecule has 1 radical (unpaired) electrons. The molecule has 2 heterocycles. The van der Waals surface area contributed by atoms with Gasteiger partial charge in [0, 0.05) is 32.5 Å². The maximum atomic E-state index is 4.66. The fraction of sp³-hybridized carbons (Fsp3) is 0.190. The fourth-order valence-electron chi connectivity index (χ4n) is 5.17. The minimum atomic E-state index is 0. The van der Waals surface area contributed by atoms with Crippen LogP contribution in [-0.2, 0) is 32.9 Å². The van der Waals surface area contributed by atoms with Crippen LogP contribution in [0.2, 0.25) is 0 Å². The van der Waals surface area contributed by atoms with Gasteiger partial charge < -0.3 is 9.97 Å². The summed E-state index contributed by atoms with van der Waals surface area (Å²) in [6.45, 7) is 10.9. The molecule has 0 spiro atoms. The van der Waals surface area contributed by atoms with Crippen LogP contribution in [0.15, 0.2) is 128 Å². The summed E-state index contributed by atoms with van der Waals surface area (Å²) in [4.78, 5) is 9.01. The molecule has 0 fully saturated rings. The first kappa shape index (κ1) is 33.7. The summed E-state index contributed by atoms with van der Waals surface area (Å²) in [5, 5.41) is 0. The Balaban J connectivity index is 0.000000258. The maximum absolute atomic E-state index is 4.66. The molecule has 0 aliphatic heterocycles. The van der Waals surface area contributed by atoms with Gasteiger partial charge in [-0.1, -0.05) is 123 Å². The van der Waals surface area contributed by atoms with E-state index in [1.807, 2.05) is 37.5 Å². The van der Waals surface area contributed by atoms with E-state index in [4.69, 9.17) is 0 Å². The fourth-order valence-corrected chi connectivity index (χ4v) is 5.17. The molecule has 45 heavy (non-hydrogen) atoms. The largest absolute Gasteiger partial charge is 0.305 e. The number of hydrogen-bond donors (Lipinski definition) is 0. The number of rotatable bonds is 6. The maximum Gasteiger partial charge on any atom is 0.0190 e. The van der Waals surface area contributed by atoms with E-state index >= 15 is 0 Å². The smallest absolute Gasteiger partial charge is 0.0190 e. The van der Waals surface area contributed by atoms with Gasteiger partial charge in [-0.3, -0.25) is 0 Å². The van der Waals surface area contributed by atoms with Crippen LogP contribution in [0.1, 0.15) is 48.6 Å². The van der Waals surface area contributed by atoms with Crippen molar-refractivity contribution in [1.82, 2.24) is 9.97 Å². The summed E-state index contributed by atoms with van der Waals surface area (Å²) >= 11 is 0. The van der Waals surface area contributed by atoms with Crippen molar-refractivity contribution in [1.29, 1.82) is 0 Å². The molecule has 0 N–H and O–H groups in total. The van der Waals surface area contributed by atoms with Crippen LogP contribution in [0.25, 0.3) is 33.6 Å². The third-order valence-corrected chi connectivity index (χ3v) is 7.35. The van der Waals surface area contributed by atoms with Crippen LogP contribution < -0.4 is 0 Å². The second-order valence-electron chi connectivity index (χ2n) is 12.6.